The lowest BCUT2D eigenvalue weighted by Crippen LogP contribution is -2.27. The molecular formula is C15H26O6. The second kappa shape index (κ2) is 9.00. The fourth-order valence-electron chi connectivity index (χ4n) is 1.99. The summed E-state index contributed by atoms with van der Waals surface area (Å²) in [5, 5.41) is 0. The lowest BCUT2D eigenvalue weighted by atomic mass is 10.2. The van der Waals surface area contributed by atoms with E-state index in [1.165, 1.54) is 0 Å². The number of hydrogen-bond donors (Lipinski definition) is 0. The average Bonchev–Trinajstić information content (AvgIpc) is 2.84. The molecule has 2 unspecified atom stereocenters. The first kappa shape index (κ1) is 17.9. The first-order valence-electron chi connectivity index (χ1n) is 7.62. The third-order valence-electron chi connectivity index (χ3n) is 3.38. The summed E-state index contributed by atoms with van der Waals surface area (Å²) >= 11 is 0. The van der Waals surface area contributed by atoms with E-state index in [0.29, 0.717) is 38.9 Å². The zero-order chi connectivity index (χ0) is 15.7. The number of esters is 2. The molecule has 0 bridgehead atoms. The molecule has 1 aliphatic heterocycles. The fourth-order valence-corrected chi connectivity index (χ4v) is 1.99. The molecule has 0 spiro atoms. The maximum atomic E-state index is 11.6. The second-order valence-electron chi connectivity index (χ2n) is 5.23. The molecule has 1 rings (SSSR count). The highest BCUT2D eigenvalue weighted by Crippen LogP contribution is 2.26. The van der Waals surface area contributed by atoms with Crippen molar-refractivity contribution in [3.05, 3.63) is 0 Å². The Balaban J connectivity index is 2.06. The number of ether oxygens (including phenoxy) is 4. The van der Waals surface area contributed by atoms with Crippen LogP contribution in [-0.4, -0.2) is 43.7 Å². The third-order valence-corrected chi connectivity index (χ3v) is 3.38. The van der Waals surface area contributed by atoms with Gasteiger partial charge in [0.2, 0.25) is 0 Å². The van der Waals surface area contributed by atoms with Crippen LogP contribution in [0, 0.1) is 0 Å². The molecular weight excluding hydrogens is 276 g/mol. The predicted molar refractivity (Wildman–Crippen MR) is 75.6 cm³/mol. The molecule has 0 aliphatic carbocycles. The largest absolute Gasteiger partial charge is 0.466 e. The predicted octanol–water partition coefficient (Wildman–Crippen LogP) is 2.19. The summed E-state index contributed by atoms with van der Waals surface area (Å²) in [7, 11) is 0. The summed E-state index contributed by atoms with van der Waals surface area (Å²) in [6.45, 7) is 6.68. The lowest BCUT2D eigenvalue weighted by molar-refractivity contribution is -0.167. The van der Waals surface area contributed by atoms with Gasteiger partial charge in [0.1, 0.15) is 12.7 Å². The first-order chi connectivity index (χ1) is 9.99. The van der Waals surface area contributed by atoms with Crippen LogP contribution in [0.4, 0.5) is 0 Å². The van der Waals surface area contributed by atoms with Crippen LogP contribution in [-0.2, 0) is 28.5 Å². The van der Waals surface area contributed by atoms with Gasteiger partial charge >= 0.3 is 11.9 Å². The summed E-state index contributed by atoms with van der Waals surface area (Å²) in [5.41, 5.74) is 0. The van der Waals surface area contributed by atoms with E-state index in [1.807, 2.05) is 13.8 Å². The highest BCUT2D eigenvalue weighted by atomic mass is 16.7. The highest BCUT2D eigenvalue weighted by Gasteiger charge is 2.35. The molecule has 6 heteroatoms. The van der Waals surface area contributed by atoms with Gasteiger partial charge in [-0.1, -0.05) is 6.92 Å². The molecule has 0 aromatic rings. The van der Waals surface area contributed by atoms with Crippen molar-refractivity contribution in [2.45, 2.75) is 64.8 Å². The molecule has 21 heavy (non-hydrogen) atoms. The van der Waals surface area contributed by atoms with Crippen molar-refractivity contribution in [2.24, 2.45) is 0 Å². The van der Waals surface area contributed by atoms with E-state index in [2.05, 4.69) is 0 Å². The molecule has 1 aliphatic rings. The maximum absolute atomic E-state index is 11.6. The topological polar surface area (TPSA) is 71.1 Å². The van der Waals surface area contributed by atoms with Crippen molar-refractivity contribution >= 4 is 11.9 Å². The Morgan fingerprint density at radius 1 is 1.14 bits per heavy atom. The van der Waals surface area contributed by atoms with E-state index in [0.717, 1.165) is 6.42 Å². The van der Waals surface area contributed by atoms with Crippen LogP contribution in [0.5, 0.6) is 0 Å². The lowest BCUT2D eigenvalue weighted by Gasteiger charge is -2.20. The Labute approximate surface area is 126 Å². The Kier molecular flexibility index (Phi) is 7.67. The molecule has 1 saturated heterocycles. The van der Waals surface area contributed by atoms with Crippen molar-refractivity contribution in [3.8, 4) is 0 Å². The van der Waals surface area contributed by atoms with Crippen molar-refractivity contribution in [3.63, 3.8) is 0 Å². The van der Waals surface area contributed by atoms with Gasteiger partial charge in [-0.15, -0.1) is 0 Å². The minimum absolute atomic E-state index is 0.196. The summed E-state index contributed by atoms with van der Waals surface area (Å²) in [5.74, 6) is -1.05. The van der Waals surface area contributed by atoms with E-state index >= 15 is 0 Å². The van der Waals surface area contributed by atoms with Crippen molar-refractivity contribution in [1.29, 1.82) is 0 Å². The summed E-state index contributed by atoms with van der Waals surface area (Å²) < 4.78 is 21.2. The van der Waals surface area contributed by atoms with Crippen LogP contribution in [0.2, 0.25) is 0 Å². The van der Waals surface area contributed by atoms with Gasteiger partial charge in [0, 0.05) is 12.8 Å². The van der Waals surface area contributed by atoms with Gasteiger partial charge in [0.15, 0.2) is 5.79 Å². The number of carbonyl (C=O) groups excluding carboxylic acids is 2. The number of hydrogen-bond acceptors (Lipinski definition) is 6. The molecule has 1 heterocycles. The normalized spacial score (nSPS) is 24.8. The van der Waals surface area contributed by atoms with E-state index in [1.54, 1.807) is 6.92 Å². The van der Waals surface area contributed by atoms with Crippen LogP contribution in [0.1, 0.15) is 52.9 Å². The van der Waals surface area contributed by atoms with Crippen LogP contribution >= 0.6 is 0 Å². The van der Waals surface area contributed by atoms with Gasteiger partial charge in [0.05, 0.1) is 13.2 Å². The molecule has 0 aromatic heterocycles. The second-order valence-corrected chi connectivity index (χ2v) is 5.23. The van der Waals surface area contributed by atoms with Crippen molar-refractivity contribution in [2.75, 3.05) is 19.8 Å². The molecule has 122 valence electrons. The van der Waals surface area contributed by atoms with Gasteiger partial charge in [-0.2, -0.15) is 0 Å². The van der Waals surface area contributed by atoms with Gasteiger partial charge in [0.25, 0.3) is 0 Å². The average molecular weight is 302 g/mol. The molecule has 0 aromatic carbocycles. The zero-order valence-corrected chi connectivity index (χ0v) is 13.2. The third kappa shape index (κ3) is 6.91. The SMILES string of the molecule is CCOC(=O)CCCCC(=O)OCC1COC(C)(CC)O1. The van der Waals surface area contributed by atoms with E-state index < -0.39 is 5.79 Å². The van der Waals surface area contributed by atoms with Crippen LogP contribution in [0.25, 0.3) is 0 Å². The minimum Gasteiger partial charge on any atom is -0.466 e. The molecule has 6 nitrogen and oxygen atoms in total. The molecule has 0 amide bonds. The maximum Gasteiger partial charge on any atom is 0.305 e. The first-order valence-corrected chi connectivity index (χ1v) is 7.62. The Morgan fingerprint density at radius 2 is 1.76 bits per heavy atom. The monoisotopic (exact) mass is 302 g/mol. The fraction of sp³-hybridized carbons (Fsp3) is 0.867. The molecule has 2 atom stereocenters. The molecule has 0 N–H and O–H groups in total. The quantitative estimate of drug-likeness (QED) is 0.480. The zero-order valence-electron chi connectivity index (χ0n) is 13.2. The number of carbonyl (C=O) groups is 2. The van der Waals surface area contributed by atoms with Crippen molar-refractivity contribution < 1.29 is 28.5 Å². The smallest absolute Gasteiger partial charge is 0.305 e. The summed E-state index contributed by atoms with van der Waals surface area (Å²) in [4.78, 5) is 22.7. The minimum atomic E-state index is -0.559. The summed E-state index contributed by atoms with van der Waals surface area (Å²) in [6.07, 6.45) is 2.45. The van der Waals surface area contributed by atoms with Crippen molar-refractivity contribution in [1.82, 2.24) is 0 Å². The van der Waals surface area contributed by atoms with E-state index in [4.69, 9.17) is 18.9 Å². The van der Waals surface area contributed by atoms with E-state index in [9.17, 15) is 9.59 Å². The van der Waals surface area contributed by atoms with Crippen LogP contribution in [0.3, 0.4) is 0 Å². The molecule has 0 saturated carbocycles. The Morgan fingerprint density at radius 3 is 2.29 bits per heavy atom. The standard InChI is InChI=1S/C15H26O6/c1-4-15(3)20-11-12(21-15)10-19-14(17)9-7-6-8-13(16)18-5-2/h12H,4-11H2,1-3H3. The number of unbranched alkanes of at least 4 members (excludes halogenated alkanes) is 1. The van der Waals surface area contributed by atoms with Gasteiger partial charge < -0.3 is 18.9 Å². The van der Waals surface area contributed by atoms with E-state index in [-0.39, 0.29) is 24.6 Å². The van der Waals surface area contributed by atoms with Crippen LogP contribution < -0.4 is 0 Å². The molecule has 1 fully saturated rings. The highest BCUT2D eigenvalue weighted by molar-refractivity contribution is 5.70. The van der Waals surface area contributed by atoms with Crippen LogP contribution in [0.15, 0.2) is 0 Å². The van der Waals surface area contributed by atoms with Gasteiger partial charge in [-0.3, -0.25) is 9.59 Å². The summed E-state index contributed by atoms with van der Waals surface area (Å²) in [6, 6.07) is 0. The number of rotatable bonds is 9. The molecule has 0 radical (unpaired) electrons. The Hall–Kier alpha value is -1.14. The van der Waals surface area contributed by atoms with Gasteiger partial charge in [-0.05, 0) is 33.1 Å². The van der Waals surface area contributed by atoms with Gasteiger partial charge in [-0.25, -0.2) is 0 Å². The Bertz CT molecular complexity index is 343.